The van der Waals surface area contributed by atoms with Gasteiger partial charge in [-0.1, -0.05) is 41.9 Å². The Morgan fingerprint density at radius 3 is 2.45 bits per heavy atom. The lowest BCUT2D eigenvalue weighted by atomic mass is 10.2. The van der Waals surface area contributed by atoms with Gasteiger partial charge in [0, 0.05) is 45.0 Å². The number of methoxy groups -OCH3 is 1. The summed E-state index contributed by atoms with van der Waals surface area (Å²) < 4.78 is 5.15. The number of piperazine rings is 1. The molecular weight excluding hydrogens is 525 g/mol. The van der Waals surface area contributed by atoms with Crippen molar-refractivity contribution in [3.8, 4) is 5.75 Å². The van der Waals surface area contributed by atoms with Crippen molar-refractivity contribution < 1.29 is 4.74 Å². The third kappa shape index (κ3) is 8.84. The molecule has 1 fully saturated rings. The molecule has 3 rings (SSSR count). The van der Waals surface area contributed by atoms with E-state index < -0.39 is 0 Å². The molecule has 8 heteroatoms. The second-order valence-electron chi connectivity index (χ2n) is 7.55. The van der Waals surface area contributed by atoms with Gasteiger partial charge >= 0.3 is 0 Å². The van der Waals surface area contributed by atoms with Crippen LogP contribution >= 0.6 is 35.6 Å². The van der Waals surface area contributed by atoms with Crippen LogP contribution in [-0.2, 0) is 6.54 Å². The average molecular weight is 558 g/mol. The summed E-state index contributed by atoms with van der Waals surface area (Å²) in [5.74, 6) is 1.05. The highest BCUT2D eigenvalue weighted by Gasteiger charge is 2.16. The third-order valence-electron chi connectivity index (χ3n) is 5.30. The molecule has 1 saturated heterocycles. The Balaban J connectivity index is 0.00000341. The van der Waals surface area contributed by atoms with Crippen LogP contribution in [0.2, 0.25) is 5.02 Å². The predicted molar refractivity (Wildman–Crippen MR) is 141 cm³/mol. The van der Waals surface area contributed by atoms with E-state index in [0.29, 0.717) is 16.7 Å². The zero-order valence-corrected chi connectivity index (χ0v) is 21.2. The van der Waals surface area contributed by atoms with Gasteiger partial charge in [-0.2, -0.15) is 0 Å². The van der Waals surface area contributed by atoms with Gasteiger partial charge in [0.1, 0.15) is 5.75 Å². The monoisotopic (exact) mass is 557 g/mol. The van der Waals surface area contributed by atoms with E-state index in [4.69, 9.17) is 22.1 Å². The molecule has 2 aromatic carbocycles. The van der Waals surface area contributed by atoms with Crippen LogP contribution in [0.4, 0.5) is 5.69 Å². The summed E-state index contributed by atoms with van der Waals surface area (Å²) in [6.07, 6.45) is 2.15. The molecule has 1 aliphatic heterocycles. The zero-order chi connectivity index (χ0) is 21.2. The first-order valence-electron chi connectivity index (χ1n) is 10.5. The molecule has 0 saturated carbocycles. The minimum atomic E-state index is 0. The highest BCUT2D eigenvalue weighted by molar-refractivity contribution is 14.0. The number of rotatable bonds is 9. The number of benzene rings is 2. The Labute approximate surface area is 207 Å². The summed E-state index contributed by atoms with van der Waals surface area (Å²) in [7, 11) is 1.59. The van der Waals surface area contributed by atoms with Crippen molar-refractivity contribution in [2.75, 3.05) is 51.7 Å². The summed E-state index contributed by atoms with van der Waals surface area (Å²) in [6.45, 7) is 7.43. The summed E-state index contributed by atoms with van der Waals surface area (Å²) in [4.78, 5) is 9.50. The fraction of sp³-hybridized carbons (Fsp3) is 0.435. The highest BCUT2D eigenvalue weighted by Crippen LogP contribution is 2.27. The van der Waals surface area contributed by atoms with Crippen molar-refractivity contribution >= 4 is 47.2 Å². The van der Waals surface area contributed by atoms with Gasteiger partial charge < -0.3 is 20.7 Å². The van der Waals surface area contributed by atoms with Gasteiger partial charge in [-0.05, 0) is 43.1 Å². The first-order valence-corrected chi connectivity index (χ1v) is 10.9. The van der Waals surface area contributed by atoms with Crippen LogP contribution in [0.25, 0.3) is 0 Å². The van der Waals surface area contributed by atoms with E-state index >= 15 is 0 Å². The normalized spacial score (nSPS) is 15.4. The lowest BCUT2D eigenvalue weighted by Gasteiger charge is -2.34. The number of ether oxygens (including phenoxy) is 1. The minimum absolute atomic E-state index is 0. The van der Waals surface area contributed by atoms with E-state index in [1.54, 1.807) is 19.2 Å². The lowest BCUT2D eigenvalue weighted by molar-refractivity contribution is 0.126. The second-order valence-corrected chi connectivity index (χ2v) is 7.96. The molecule has 31 heavy (non-hydrogen) atoms. The molecule has 1 heterocycles. The van der Waals surface area contributed by atoms with Gasteiger partial charge in [-0.15, -0.1) is 24.0 Å². The van der Waals surface area contributed by atoms with Gasteiger partial charge in [0.05, 0.1) is 12.1 Å². The smallest absolute Gasteiger partial charge is 0.193 e. The quantitative estimate of drug-likeness (QED) is 0.208. The molecule has 0 radical (unpaired) electrons. The predicted octanol–water partition coefficient (Wildman–Crippen LogP) is 4.29. The second kappa shape index (κ2) is 13.8. The van der Waals surface area contributed by atoms with Crippen LogP contribution < -0.4 is 15.8 Å². The van der Waals surface area contributed by atoms with E-state index in [1.807, 2.05) is 6.07 Å². The molecular formula is C23H33ClIN5O. The maximum Gasteiger partial charge on any atom is 0.193 e. The van der Waals surface area contributed by atoms with Crippen LogP contribution in [0.3, 0.4) is 0 Å². The number of nitrogens with two attached hydrogens (primary N) is 1. The summed E-state index contributed by atoms with van der Waals surface area (Å²) in [5.41, 5.74) is 8.18. The average Bonchev–Trinajstić information content (AvgIpc) is 2.75. The third-order valence-corrected chi connectivity index (χ3v) is 5.60. The molecule has 1 aliphatic rings. The number of nitrogens with one attached hydrogen (secondary N) is 1. The first-order chi connectivity index (χ1) is 14.6. The van der Waals surface area contributed by atoms with Crippen molar-refractivity contribution in [1.82, 2.24) is 9.80 Å². The molecule has 0 unspecified atom stereocenters. The number of guanidine groups is 1. The SMILES string of the molecule is COc1ccc(NC(N)=NCCCCN2CCN(Cc3ccccc3)CC2)cc1Cl.I. The van der Waals surface area contributed by atoms with Crippen molar-refractivity contribution in [3.63, 3.8) is 0 Å². The van der Waals surface area contributed by atoms with Gasteiger partial charge in [0.2, 0.25) is 0 Å². The van der Waals surface area contributed by atoms with E-state index in [2.05, 4.69) is 50.4 Å². The summed E-state index contributed by atoms with van der Waals surface area (Å²) in [5, 5.41) is 3.61. The standard InChI is InChI=1S/C23H32ClN5O.HI/c1-30-22-10-9-20(17-21(22)24)27-23(25)26-11-5-6-12-28-13-15-29(16-14-28)18-19-7-3-2-4-8-19;/h2-4,7-10,17H,5-6,11-16,18H2,1H3,(H3,25,26,27);1H. The van der Waals surface area contributed by atoms with Gasteiger partial charge in [-0.3, -0.25) is 9.89 Å². The van der Waals surface area contributed by atoms with Crippen molar-refractivity contribution in [3.05, 3.63) is 59.1 Å². The number of hydrogen-bond donors (Lipinski definition) is 2. The lowest BCUT2D eigenvalue weighted by Crippen LogP contribution is -2.46. The Kier molecular flexibility index (Phi) is 11.4. The van der Waals surface area contributed by atoms with Crippen molar-refractivity contribution in [2.24, 2.45) is 10.7 Å². The maximum absolute atomic E-state index is 6.13. The summed E-state index contributed by atoms with van der Waals surface area (Å²) >= 11 is 6.13. The molecule has 0 bridgehead atoms. The Morgan fingerprint density at radius 1 is 1.06 bits per heavy atom. The van der Waals surface area contributed by atoms with E-state index in [-0.39, 0.29) is 24.0 Å². The number of anilines is 1. The fourth-order valence-corrected chi connectivity index (χ4v) is 3.85. The number of halogens is 2. The zero-order valence-electron chi connectivity index (χ0n) is 18.1. The number of nitrogens with zero attached hydrogens (tertiary/aromatic N) is 3. The van der Waals surface area contributed by atoms with Gasteiger partial charge in [0.15, 0.2) is 5.96 Å². The molecule has 0 aliphatic carbocycles. The van der Waals surface area contributed by atoms with Crippen LogP contribution in [0, 0.1) is 0 Å². The number of hydrogen-bond acceptors (Lipinski definition) is 4. The Hall–Kier alpha value is -1.55. The van der Waals surface area contributed by atoms with Gasteiger partial charge in [0.25, 0.3) is 0 Å². The molecule has 170 valence electrons. The molecule has 0 amide bonds. The fourth-order valence-electron chi connectivity index (χ4n) is 3.59. The highest BCUT2D eigenvalue weighted by atomic mass is 127. The minimum Gasteiger partial charge on any atom is -0.495 e. The molecule has 0 atom stereocenters. The molecule has 6 nitrogen and oxygen atoms in total. The van der Waals surface area contributed by atoms with Crippen LogP contribution in [0.15, 0.2) is 53.5 Å². The molecule has 3 N–H and O–H groups in total. The number of aliphatic imine (C=N–C) groups is 1. The molecule has 2 aromatic rings. The van der Waals surface area contributed by atoms with Crippen molar-refractivity contribution in [2.45, 2.75) is 19.4 Å². The largest absolute Gasteiger partial charge is 0.495 e. The Bertz CT molecular complexity index is 813. The van der Waals surface area contributed by atoms with E-state index in [9.17, 15) is 0 Å². The van der Waals surface area contributed by atoms with Crippen LogP contribution in [0.1, 0.15) is 18.4 Å². The van der Waals surface area contributed by atoms with Crippen molar-refractivity contribution in [1.29, 1.82) is 0 Å². The first kappa shape index (κ1) is 25.7. The van der Waals surface area contributed by atoms with E-state index in [0.717, 1.165) is 64.3 Å². The van der Waals surface area contributed by atoms with Crippen LogP contribution in [0.5, 0.6) is 5.75 Å². The Morgan fingerprint density at radius 2 is 1.77 bits per heavy atom. The topological polar surface area (TPSA) is 66.1 Å². The van der Waals surface area contributed by atoms with Gasteiger partial charge in [-0.25, -0.2) is 0 Å². The summed E-state index contributed by atoms with van der Waals surface area (Å²) in [6, 6.07) is 16.2. The maximum atomic E-state index is 6.13. The van der Waals surface area contributed by atoms with E-state index in [1.165, 1.54) is 5.56 Å². The molecule has 0 aromatic heterocycles. The number of unbranched alkanes of at least 4 members (excludes halogenated alkanes) is 1. The molecule has 0 spiro atoms. The van der Waals surface area contributed by atoms with Crippen LogP contribution in [-0.4, -0.2) is 62.1 Å².